The Kier molecular flexibility index (Phi) is 7.44. The van der Waals surface area contributed by atoms with E-state index in [1.54, 1.807) is 13.2 Å². The number of carbonyl (C=O) groups excluding carboxylic acids is 2. The van der Waals surface area contributed by atoms with Crippen molar-refractivity contribution < 1.29 is 28.3 Å². The number of hydrogen-bond donors (Lipinski definition) is 3. The summed E-state index contributed by atoms with van der Waals surface area (Å²) in [6.07, 6.45) is 2.36. The maximum absolute atomic E-state index is 12.7. The van der Waals surface area contributed by atoms with Crippen LogP contribution in [0.4, 0.5) is 0 Å². The van der Waals surface area contributed by atoms with Crippen molar-refractivity contribution in [2.45, 2.75) is 59.9 Å². The monoisotopic (exact) mass is 470 g/mol. The van der Waals surface area contributed by atoms with E-state index in [0.29, 0.717) is 23.2 Å². The Bertz CT molecular complexity index is 1320. The van der Waals surface area contributed by atoms with Crippen molar-refractivity contribution >= 4 is 39.7 Å². The number of hydrogen-bond acceptors (Lipinski definition) is 6. The topological polar surface area (TPSA) is 139 Å². The number of carbonyl (C=O) groups is 3. The van der Waals surface area contributed by atoms with E-state index in [-0.39, 0.29) is 25.3 Å². The molecule has 3 aromatic rings. The molecule has 0 radical (unpaired) electrons. The molecule has 1 aromatic carbocycles. The number of carboxylic acid groups (broad SMARTS) is 1. The summed E-state index contributed by atoms with van der Waals surface area (Å²) in [4.78, 5) is 48.4. The maximum Gasteiger partial charge on any atom is 0.339 e. The predicted molar refractivity (Wildman–Crippen MR) is 127 cm³/mol. The Morgan fingerprint density at radius 3 is 2.41 bits per heavy atom. The van der Waals surface area contributed by atoms with Crippen molar-refractivity contribution in [2.24, 2.45) is 5.92 Å². The molecule has 0 aliphatic rings. The van der Waals surface area contributed by atoms with Gasteiger partial charge in [0.25, 0.3) is 0 Å². The molecule has 0 fully saturated rings. The number of aliphatic carboxylic acids is 1. The van der Waals surface area contributed by atoms with Gasteiger partial charge in [-0.3, -0.25) is 9.59 Å². The highest BCUT2D eigenvalue weighted by molar-refractivity contribution is 5.99. The predicted octanol–water partition coefficient (Wildman–Crippen LogP) is 3.13. The number of rotatable bonds is 9. The smallest absolute Gasteiger partial charge is 0.339 e. The Morgan fingerprint density at radius 1 is 1.06 bits per heavy atom. The molecule has 0 unspecified atom stereocenters. The molecule has 0 aliphatic heterocycles. The number of amides is 2. The number of benzene rings is 1. The van der Waals surface area contributed by atoms with E-state index in [1.165, 1.54) is 0 Å². The van der Waals surface area contributed by atoms with Crippen LogP contribution in [0.25, 0.3) is 21.9 Å². The SMILES string of the molecule is CC[C@H](C)[C@@H](NC(=O)CNC(=O)CCc1c(C)c2cc3c(C)coc3c(C)c2oc1=O)C(=O)O. The summed E-state index contributed by atoms with van der Waals surface area (Å²) >= 11 is 0. The molecule has 9 nitrogen and oxygen atoms in total. The summed E-state index contributed by atoms with van der Waals surface area (Å²) in [5, 5.41) is 15.9. The Labute approximate surface area is 196 Å². The van der Waals surface area contributed by atoms with Crippen molar-refractivity contribution in [1.29, 1.82) is 0 Å². The third-order valence-corrected chi connectivity index (χ3v) is 6.38. The van der Waals surface area contributed by atoms with E-state index in [9.17, 15) is 24.3 Å². The first-order valence-corrected chi connectivity index (χ1v) is 11.3. The lowest BCUT2D eigenvalue weighted by Crippen LogP contribution is -2.48. The van der Waals surface area contributed by atoms with Gasteiger partial charge in [-0.1, -0.05) is 20.3 Å². The number of nitrogens with one attached hydrogen (secondary N) is 2. The Hall–Kier alpha value is -3.62. The minimum absolute atomic E-state index is 0.0237. The number of carboxylic acids is 1. The van der Waals surface area contributed by atoms with Gasteiger partial charge in [0.05, 0.1) is 12.8 Å². The standard InChI is InChI=1S/C25H30N2O7/c1-6-12(2)21(24(30)31)27-20(29)10-26-19(28)8-7-16-14(4)18-9-17-13(3)11-33-22(17)15(5)23(18)34-25(16)32/h9,11-12,21H,6-8,10H2,1-5H3,(H,26,28)(H,27,29)(H,30,31)/t12-,21+/m0/s1. The van der Waals surface area contributed by atoms with Gasteiger partial charge in [-0.2, -0.15) is 0 Å². The highest BCUT2D eigenvalue weighted by Gasteiger charge is 2.25. The average molecular weight is 471 g/mol. The number of fused-ring (bicyclic) bond motifs is 2. The van der Waals surface area contributed by atoms with Crippen LogP contribution < -0.4 is 16.3 Å². The lowest BCUT2D eigenvalue weighted by atomic mass is 9.98. The molecule has 34 heavy (non-hydrogen) atoms. The van der Waals surface area contributed by atoms with E-state index in [1.807, 2.05) is 33.8 Å². The maximum atomic E-state index is 12.7. The summed E-state index contributed by atoms with van der Waals surface area (Å²) in [5.41, 5.74) is 3.48. The molecule has 0 spiro atoms. The van der Waals surface area contributed by atoms with E-state index >= 15 is 0 Å². The fraction of sp³-hybridized carbons (Fsp3) is 0.440. The summed E-state index contributed by atoms with van der Waals surface area (Å²) in [6, 6.07) is 0.909. The molecular weight excluding hydrogens is 440 g/mol. The second-order valence-corrected chi connectivity index (χ2v) is 8.71. The largest absolute Gasteiger partial charge is 0.480 e. The van der Waals surface area contributed by atoms with Gasteiger partial charge in [-0.05, 0) is 50.3 Å². The van der Waals surface area contributed by atoms with Crippen molar-refractivity contribution in [3.05, 3.63) is 45.0 Å². The molecule has 0 bridgehead atoms. The van der Waals surface area contributed by atoms with Crippen LogP contribution in [-0.2, 0) is 20.8 Å². The number of furan rings is 1. The zero-order valence-electron chi connectivity index (χ0n) is 20.0. The molecule has 2 atom stereocenters. The first-order chi connectivity index (χ1) is 16.0. The second-order valence-electron chi connectivity index (χ2n) is 8.71. The van der Waals surface area contributed by atoms with Gasteiger partial charge < -0.3 is 24.6 Å². The average Bonchev–Trinajstić information content (AvgIpc) is 3.17. The van der Waals surface area contributed by atoms with Crippen LogP contribution >= 0.6 is 0 Å². The normalized spacial score (nSPS) is 13.1. The van der Waals surface area contributed by atoms with Crippen LogP contribution in [0.1, 0.15) is 48.9 Å². The first-order valence-electron chi connectivity index (χ1n) is 11.3. The van der Waals surface area contributed by atoms with Crippen LogP contribution in [-0.4, -0.2) is 35.5 Å². The van der Waals surface area contributed by atoms with Crippen molar-refractivity contribution in [2.75, 3.05) is 6.54 Å². The van der Waals surface area contributed by atoms with Gasteiger partial charge in [0.1, 0.15) is 17.2 Å². The van der Waals surface area contributed by atoms with Crippen molar-refractivity contribution in [3.8, 4) is 0 Å². The second kappa shape index (κ2) is 10.1. The molecule has 2 aromatic heterocycles. The molecule has 9 heteroatoms. The van der Waals surface area contributed by atoms with Crippen LogP contribution in [0, 0.1) is 26.7 Å². The van der Waals surface area contributed by atoms with Gasteiger partial charge in [-0.25, -0.2) is 9.59 Å². The highest BCUT2D eigenvalue weighted by Crippen LogP contribution is 2.32. The zero-order valence-corrected chi connectivity index (χ0v) is 20.0. The van der Waals surface area contributed by atoms with E-state index in [4.69, 9.17) is 8.83 Å². The zero-order chi connectivity index (χ0) is 25.2. The van der Waals surface area contributed by atoms with Crippen molar-refractivity contribution in [3.63, 3.8) is 0 Å². The van der Waals surface area contributed by atoms with E-state index in [2.05, 4.69) is 10.6 Å². The van der Waals surface area contributed by atoms with E-state index in [0.717, 1.165) is 27.5 Å². The molecular formula is C25H30N2O7. The minimum atomic E-state index is -1.12. The minimum Gasteiger partial charge on any atom is -0.480 e. The van der Waals surface area contributed by atoms with Gasteiger partial charge in [0.2, 0.25) is 11.8 Å². The highest BCUT2D eigenvalue weighted by atomic mass is 16.4. The summed E-state index contributed by atoms with van der Waals surface area (Å²) in [5.74, 6) is -2.38. The van der Waals surface area contributed by atoms with Crippen LogP contribution in [0.2, 0.25) is 0 Å². The van der Waals surface area contributed by atoms with Gasteiger partial charge in [-0.15, -0.1) is 0 Å². The van der Waals surface area contributed by atoms with Crippen molar-refractivity contribution in [1.82, 2.24) is 10.6 Å². The molecule has 182 valence electrons. The third kappa shape index (κ3) is 4.98. The molecule has 0 aliphatic carbocycles. The van der Waals surface area contributed by atoms with Gasteiger partial charge in [0.15, 0.2) is 0 Å². The fourth-order valence-electron chi connectivity index (χ4n) is 4.02. The lowest BCUT2D eigenvalue weighted by molar-refractivity contribution is -0.143. The molecule has 0 saturated carbocycles. The van der Waals surface area contributed by atoms with Crippen LogP contribution in [0.3, 0.4) is 0 Å². The van der Waals surface area contributed by atoms with Crippen LogP contribution in [0.5, 0.6) is 0 Å². The third-order valence-electron chi connectivity index (χ3n) is 6.38. The fourth-order valence-corrected chi connectivity index (χ4v) is 4.02. The van der Waals surface area contributed by atoms with Gasteiger partial charge >= 0.3 is 11.6 Å². The summed E-state index contributed by atoms with van der Waals surface area (Å²) in [7, 11) is 0. The summed E-state index contributed by atoms with van der Waals surface area (Å²) in [6.45, 7) is 8.82. The van der Waals surface area contributed by atoms with Gasteiger partial charge in [0, 0.05) is 28.3 Å². The molecule has 0 saturated heterocycles. The van der Waals surface area contributed by atoms with Crippen LogP contribution in [0.15, 0.2) is 26.0 Å². The molecule has 2 amide bonds. The number of aryl methyl sites for hydroxylation is 3. The summed E-state index contributed by atoms with van der Waals surface area (Å²) < 4.78 is 11.2. The van der Waals surface area contributed by atoms with E-state index < -0.39 is 29.5 Å². The quantitative estimate of drug-likeness (QED) is 0.408. The Morgan fingerprint density at radius 2 is 1.76 bits per heavy atom. The molecule has 2 heterocycles. The lowest BCUT2D eigenvalue weighted by Gasteiger charge is -2.20. The Balaban J connectivity index is 1.69. The molecule has 3 N–H and O–H groups in total. The first kappa shape index (κ1) is 25.0. The molecule has 3 rings (SSSR count).